The zero-order valence-corrected chi connectivity index (χ0v) is 11.9. The van der Waals surface area contributed by atoms with Crippen LogP contribution in [0.2, 0.25) is 0 Å². The van der Waals surface area contributed by atoms with E-state index in [1.54, 1.807) is 6.26 Å². The lowest BCUT2D eigenvalue weighted by molar-refractivity contribution is 0.314. The first-order chi connectivity index (χ1) is 7.99. The molecule has 2 nitrogen and oxygen atoms in total. The van der Waals surface area contributed by atoms with E-state index in [0.29, 0.717) is 12.1 Å². The van der Waals surface area contributed by atoms with Crippen LogP contribution in [0.15, 0.2) is 22.8 Å². The quantitative estimate of drug-likeness (QED) is 0.760. The third-order valence-electron chi connectivity index (χ3n) is 2.97. The number of furan rings is 1. The Morgan fingerprint density at radius 1 is 1.06 bits per heavy atom. The van der Waals surface area contributed by atoms with E-state index in [9.17, 15) is 0 Å². The van der Waals surface area contributed by atoms with Gasteiger partial charge < -0.3 is 9.73 Å². The summed E-state index contributed by atoms with van der Waals surface area (Å²) in [6.07, 6.45) is 4.19. The van der Waals surface area contributed by atoms with Crippen molar-refractivity contribution in [3.05, 3.63) is 24.2 Å². The molecule has 0 saturated heterocycles. The molecule has 1 atom stereocenters. The maximum atomic E-state index is 5.44. The topological polar surface area (TPSA) is 25.2 Å². The Kier molecular flexibility index (Phi) is 5.76. The highest BCUT2D eigenvalue weighted by Crippen LogP contribution is 2.19. The Labute approximate surface area is 106 Å². The highest BCUT2D eigenvalue weighted by Gasteiger charge is 2.17. The van der Waals surface area contributed by atoms with Gasteiger partial charge in [-0.05, 0) is 43.7 Å². The molecule has 0 bridgehead atoms. The normalized spacial score (nSPS) is 13.9. The van der Waals surface area contributed by atoms with Crippen LogP contribution in [0, 0.1) is 11.8 Å². The van der Waals surface area contributed by atoms with Gasteiger partial charge in [0, 0.05) is 6.04 Å². The molecule has 0 unspecified atom stereocenters. The third-order valence-corrected chi connectivity index (χ3v) is 2.97. The summed E-state index contributed by atoms with van der Waals surface area (Å²) in [5, 5.41) is 3.69. The zero-order chi connectivity index (χ0) is 12.8. The summed E-state index contributed by atoms with van der Waals surface area (Å²) >= 11 is 0. The van der Waals surface area contributed by atoms with Crippen LogP contribution in [0.25, 0.3) is 0 Å². The van der Waals surface area contributed by atoms with Crippen LogP contribution in [0.5, 0.6) is 0 Å². The van der Waals surface area contributed by atoms with E-state index in [-0.39, 0.29) is 0 Å². The molecule has 0 aliphatic heterocycles. The molecule has 2 heteroatoms. The molecule has 0 aliphatic rings. The summed E-state index contributed by atoms with van der Waals surface area (Å²) < 4.78 is 5.44. The molecular formula is C15H27NO. The summed E-state index contributed by atoms with van der Waals surface area (Å²) in [5.74, 6) is 2.49. The molecule has 1 aromatic rings. The molecule has 1 aromatic heterocycles. The van der Waals surface area contributed by atoms with E-state index in [2.05, 4.69) is 39.9 Å². The van der Waals surface area contributed by atoms with Crippen molar-refractivity contribution in [2.75, 3.05) is 0 Å². The van der Waals surface area contributed by atoms with Gasteiger partial charge in [-0.25, -0.2) is 0 Å². The summed E-state index contributed by atoms with van der Waals surface area (Å²) in [7, 11) is 0. The van der Waals surface area contributed by atoms with E-state index in [4.69, 9.17) is 4.42 Å². The second kappa shape index (κ2) is 6.85. The van der Waals surface area contributed by atoms with Gasteiger partial charge >= 0.3 is 0 Å². The van der Waals surface area contributed by atoms with Crippen molar-refractivity contribution in [3.63, 3.8) is 0 Å². The second-order valence-corrected chi connectivity index (χ2v) is 5.86. The van der Waals surface area contributed by atoms with E-state index in [0.717, 1.165) is 17.6 Å². The fourth-order valence-electron chi connectivity index (χ4n) is 2.34. The molecule has 1 heterocycles. The van der Waals surface area contributed by atoms with E-state index >= 15 is 0 Å². The van der Waals surface area contributed by atoms with Crippen molar-refractivity contribution in [3.8, 4) is 0 Å². The van der Waals surface area contributed by atoms with E-state index in [1.807, 2.05) is 12.1 Å². The number of nitrogens with one attached hydrogen (secondary N) is 1. The van der Waals surface area contributed by atoms with Crippen molar-refractivity contribution in [1.82, 2.24) is 5.32 Å². The van der Waals surface area contributed by atoms with Gasteiger partial charge in [0.25, 0.3) is 0 Å². The van der Waals surface area contributed by atoms with Gasteiger partial charge in [0.15, 0.2) is 0 Å². The molecule has 0 fully saturated rings. The maximum Gasteiger partial charge on any atom is 0.120 e. The SMILES string of the molecule is CC(C)CC(CC(C)C)N[C@@H](C)c1ccco1. The molecule has 0 spiro atoms. The summed E-state index contributed by atoms with van der Waals surface area (Å²) in [6.45, 7) is 11.3. The molecule has 98 valence electrons. The average molecular weight is 237 g/mol. The predicted octanol–water partition coefficient (Wildman–Crippen LogP) is 4.39. The Morgan fingerprint density at radius 2 is 1.65 bits per heavy atom. The first-order valence-corrected chi connectivity index (χ1v) is 6.78. The Bertz CT molecular complexity index is 280. The van der Waals surface area contributed by atoms with Crippen LogP contribution in [-0.4, -0.2) is 6.04 Å². The molecule has 0 radical (unpaired) electrons. The van der Waals surface area contributed by atoms with Gasteiger partial charge in [0.05, 0.1) is 12.3 Å². The van der Waals surface area contributed by atoms with Gasteiger partial charge in [-0.3, -0.25) is 0 Å². The molecule has 0 amide bonds. The third kappa shape index (κ3) is 5.40. The molecule has 0 aliphatic carbocycles. The molecule has 0 aromatic carbocycles. The van der Waals surface area contributed by atoms with Crippen molar-refractivity contribution >= 4 is 0 Å². The van der Waals surface area contributed by atoms with Gasteiger partial charge in [-0.2, -0.15) is 0 Å². The minimum absolute atomic E-state index is 0.299. The van der Waals surface area contributed by atoms with Crippen LogP contribution in [-0.2, 0) is 0 Å². The van der Waals surface area contributed by atoms with Crippen LogP contribution >= 0.6 is 0 Å². The molecular weight excluding hydrogens is 210 g/mol. The largest absolute Gasteiger partial charge is 0.468 e. The van der Waals surface area contributed by atoms with Crippen molar-refractivity contribution < 1.29 is 4.42 Å². The Morgan fingerprint density at radius 3 is 2.06 bits per heavy atom. The highest BCUT2D eigenvalue weighted by molar-refractivity contribution is 5.03. The highest BCUT2D eigenvalue weighted by atomic mass is 16.3. The van der Waals surface area contributed by atoms with Crippen LogP contribution < -0.4 is 5.32 Å². The fraction of sp³-hybridized carbons (Fsp3) is 0.733. The minimum atomic E-state index is 0.299. The summed E-state index contributed by atoms with van der Waals surface area (Å²) in [4.78, 5) is 0. The first kappa shape index (κ1) is 14.3. The van der Waals surface area contributed by atoms with Crippen LogP contribution in [0.3, 0.4) is 0 Å². The van der Waals surface area contributed by atoms with Crippen LogP contribution in [0.1, 0.15) is 59.3 Å². The standard InChI is InChI=1S/C15H27NO/c1-11(2)9-14(10-12(3)4)16-13(5)15-7-6-8-17-15/h6-8,11-14,16H,9-10H2,1-5H3/t13-/m0/s1. The van der Waals surface area contributed by atoms with Crippen molar-refractivity contribution in [2.24, 2.45) is 11.8 Å². The molecule has 1 N–H and O–H groups in total. The summed E-state index contributed by atoms with van der Waals surface area (Å²) in [5.41, 5.74) is 0. The lowest BCUT2D eigenvalue weighted by Crippen LogP contribution is -2.33. The van der Waals surface area contributed by atoms with E-state index in [1.165, 1.54) is 12.8 Å². The Hall–Kier alpha value is -0.760. The number of hydrogen-bond donors (Lipinski definition) is 1. The van der Waals surface area contributed by atoms with Gasteiger partial charge in [-0.15, -0.1) is 0 Å². The van der Waals surface area contributed by atoms with E-state index < -0.39 is 0 Å². The second-order valence-electron chi connectivity index (χ2n) is 5.86. The fourth-order valence-corrected chi connectivity index (χ4v) is 2.34. The number of rotatable bonds is 7. The predicted molar refractivity (Wildman–Crippen MR) is 73.0 cm³/mol. The lowest BCUT2D eigenvalue weighted by Gasteiger charge is -2.25. The van der Waals surface area contributed by atoms with Crippen molar-refractivity contribution in [1.29, 1.82) is 0 Å². The average Bonchev–Trinajstić information content (AvgIpc) is 2.67. The zero-order valence-electron chi connectivity index (χ0n) is 11.9. The van der Waals surface area contributed by atoms with Gasteiger partial charge in [-0.1, -0.05) is 27.7 Å². The smallest absolute Gasteiger partial charge is 0.120 e. The molecule has 1 rings (SSSR count). The molecule has 17 heavy (non-hydrogen) atoms. The Balaban J connectivity index is 2.52. The van der Waals surface area contributed by atoms with Crippen LogP contribution in [0.4, 0.5) is 0 Å². The lowest BCUT2D eigenvalue weighted by atomic mass is 9.95. The summed E-state index contributed by atoms with van der Waals surface area (Å²) in [6, 6.07) is 4.87. The monoisotopic (exact) mass is 237 g/mol. The van der Waals surface area contributed by atoms with Gasteiger partial charge in [0.2, 0.25) is 0 Å². The maximum absolute atomic E-state index is 5.44. The van der Waals surface area contributed by atoms with Gasteiger partial charge in [0.1, 0.15) is 5.76 Å². The number of hydrogen-bond acceptors (Lipinski definition) is 2. The van der Waals surface area contributed by atoms with Crippen molar-refractivity contribution in [2.45, 2.75) is 59.5 Å². The minimum Gasteiger partial charge on any atom is -0.468 e. The molecule has 0 saturated carbocycles. The first-order valence-electron chi connectivity index (χ1n) is 6.78.